The van der Waals surface area contributed by atoms with Crippen LogP contribution in [0.15, 0.2) is 17.5 Å². The molecule has 3 nitrogen and oxygen atoms in total. The number of carbonyl (C=O) groups is 1. The van der Waals surface area contributed by atoms with Crippen LogP contribution < -0.4 is 5.73 Å². The maximum absolute atomic E-state index is 11.2. The Bertz CT molecular complexity index is 288. The zero-order valence-electron chi connectivity index (χ0n) is 8.45. The highest BCUT2D eigenvalue weighted by Gasteiger charge is 2.23. The van der Waals surface area contributed by atoms with Crippen molar-refractivity contribution in [3.8, 4) is 0 Å². The van der Waals surface area contributed by atoms with Gasteiger partial charge in [-0.15, -0.1) is 11.3 Å². The third-order valence-electron chi connectivity index (χ3n) is 1.69. The number of esters is 1. The highest BCUT2D eigenvalue weighted by Crippen LogP contribution is 2.09. The molecule has 0 aliphatic rings. The molecule has 0 atom stereocenters. The quantitative estimate of drug-likeness (QED) is 0.772. The minimum Gasteiger partial charge on any atom is -0.464 e. The topological polar surface area (TPSA) is 52.3 Å². The fourth-order valence-electron chi connectivity index (χ4n) is 0.885. The highest BCUT2D eigenvalue weighted by molar-refractivity contribution is 7.09. The van der Waals surface area contributed by atoms with Gasteiger partial charge in [0.05, 0.1) is 6.61 Å². The van der Waals surface area contributed by atoms with Crippen LogP contribution in [-0.4, -0.2) is 18.1 Å². The number of nitrogens with two attached hydrogens (primary N) is 1. The van der Waals surface area contributed by atoms with Crippen LogP contribution in [-0.2, 0) is 16.0 Å². The van der Waals surface area contributed by atoms with Gasteiger partial charge in [-0.1, -0.05) is 6.07 Å². The number of thiophene rings is 1. The number of rotatable bonds is 4. The van der Waals surface area contributed by atoms with Crippen LogP contribution in [0.1, 0.15) is 18.7 Å². The van der Waals surface area contributed by atoms with E-state index < -0.39 is 5.54 Å². The summed E-state index contributed by atoms with van der Waals surface area (Å²) in [4.78, 5) is 12.5. The first-order valence-corrected chi connectivity index (χ1v) is 5.36. The van der Waals surface area contributed by atoms with E-state index in [1.54, 1.807) is 25.2 Å². The zero-order valence-corrected chi connectivity index (χ0v) is 9.26. The summed E-state index contributed by atoms with van der Waals surface area (Å²) in [5.74, 6) is -0.353. The third kappa shape index (κ3) is 3.47. The zero-order chi connectivity index (χ0) is 10.6. The van der Waals surface area contributed by atoms with Gasteiger partial charge in [0.25, 0.3) is 0 Å². The largest absolute Gasteiger partial charge is 0.464 e. The second-order valence-electron chi connectivity index (χ2n) is 3.69. The lowest BCUT2D eigenvalue weighted by Gasteiger charge is -2.16. The van der Waals surface area contributed by atoms with Crippen LogP contribution in [0, 0.1) is 0 Å². The van der Waals surface area contributed by atoms with Gasteiger partial charge in [0.1, 0.15) is 5.54 Å². The summed E-state index contributed by atoms with van der Waals surface area (Å²) in [7, 11) is 0. The fourth-order valence-corrected chi connectivity index (χ4v) is 1.58. The summed E-state index contributed by atoms with van der Waals surface area (Å²) in [6.07, 6.45) is 0.763. The third-order valence-corrected chi connectivity index (χ3v) is 2.62. The van der Waals surface area contributed by atoms with Gasteiger partial charge >= 0.3 is 5.97 Å². The summed E-state index contributed by atoms with van der Waals surface area (Å²) in [5.41, 5.74) is 4.67. The predicted molar refractivity (Wildman–Crippen MR) is 57.2 cm³/mol. The van der Waals surface area contributed by atoms with E-state index in [0.29, 0.717) is 6.61 Å². The number of hydrogen-bond acceptors (Lipinski definition) is 4. The molecule has 0 fully saturated rings. The molecular weight excluding hydrogens is 198 g/mol. The van der Waals surface area contributed by atoms with Gasteiger partial charge in [-0.3, -0.25) is 4.79 Å². The normalized spacial score (nSPS) is 11.4. The number of ether oxygens (including phenoxy) is 1. The standard InChI is InChI=1S/C10H15NO2S/c1-10(2,11)9(12)13-6-5-8-4-3-7-14-8/h3-4,7H,5-6,11H2,1-2H3. The van der Waals surface area contributed by atoms with Crippen molar-refractivity contribution in [1.29, 1.82) is 0 Å². The van der Waals surface area contributed by atoms with E-state index in [0.717, 1.165) is 6.42 Å². The predicted octanol–water partition coefficient (Wildman–Crippen LogP) is 1.57. The molecule has 0 radical (unpaired) electrons. The Morgan fingerprint density at radius 1 is 1.64 bits per heavy atom. The molecule has 0 aliphatic carbocycles. The Morgan fingerprint density at radius 3 is 2.86 bits per heavy atom. The molecule has 14 heavy (non-hydrogen) atoms. The SMILES string of the molecule is CC(C)(N)C(=O)OCCc1cccs1. The van der Waals surface area contributed by atoms with Gasteiger partial charge in [-0.25, -0.2) is 0 Å². The van der Waals surface area contributed by atoms with Gasteiger partial charge in [0, 0.05) is 11.3 Å². The first-order chi connectivity index (χ1) is 6.50. The Kier molecular flexibility index (Phi) is 3.66. The summed E-state index contributed by atoms with van der Waals surface area (Å²) < 4.78 is 5.02. The fraction of sp³-hybridized carbons (Fsp3) is 0.500. The molecule has 0 spiro atoms. The van der Waals surface area contributed by atoms with Crippen LogP contribution in [0.5, 0.6) is 0 Å². The molecule has 1 aromatic rings. The molecule has 0 saturated carbocycles. The van der Waals surface area contributed by atoms with Crippen molar-refractivity contribution in [3.63, 3.8) is 0 Å². The number of carbonyl (C=O) groups excluding carboxylic acids is 1. The lowest BCUT2D eigenvalue weighted by molar-refractivity contribution is -0.148. The minimum absolute atomic E-state index is 0.353. The van der Waals surface area contributed by atoms with Gasteiger partial charge in [0.2, 0.25) is 0 Å². The van der Waals surface area contributed by atoms with Crippen LogP contribution in [0.4, 0.5) is 0 Å². The van der Waals surface area contributed by atoms with E-state index >= 15 is 0 Å². The van der Waals surface area contributed by atoms with Crippen LogP contribution in [0.25, 0.3) is 0 Å². The maximum Gasteiger partial charge on any atom is 0.325 e. The van der Waals surface area contributed by atoms with Gasteiger partial charge in [-0.05, 0) is 25.3 Å². The first kappa shape index (κ1) is 11.2. The molecule has 2 N–H and O–H groups in total. The Morgan fingerprint density at radius 2 is 2.36 bits per heavy atom. The molecule has 0 bridgehead atoms. The van der Waals surface area contributed by atoms with Crippen molar-refractivity contribution < 1.29 is 9.53 Å². The van der Waals surface area contributed by atoms with Crippen molar-refractivity contribution in [1.82, 2.24) is 0 Å². The second kappa shape index (κ2) is 4.57. The highest BCUT2D eigenvalue weighted by atomic mass is 32.1. The summed E-state index contributed by atoms with van der Waals surface area (Å²) in [5, 5.41) is 2.00. The van der Waals surface area contributed by atoms with E-state index in [1.807, 2.05) is 17.5 Å². The smallest absolute Gasteiger partial charge is 0.325 e. The molecule has 0 aliphatic heterocycles. The van der Waals surface area contributed by atoms with Crippen molar-refractivity contribution in [2.75, 3.05) is 6.61 Å². The molecule has 0 unspecified atom stereocenters. The molecule has 1 heterocycles. The first-order valence-electron chi connectivity index (χ1n) is 4.48. The second-order valence-corrected chi connectivity index (χ2v) is 4.72. The average molecular weight is 213 g/mol. The molecular formula is C10H15NO2S. The molecule has 1 aromatic heterocycles. The maximum atomic E-state index is 11.2. The average Bonchev–Trinajstić information content (AvgIpc) is 2.55. The van der Waals surface area contributed by atoms with E-state index in [2.05, 4.69) is 0 Å². The van der Waals surface area contributed by atoms with Gasteiger partial charge in [-0.2, -0.15) is 0 Å². The Balaban J connectivity index is 2.26. The molecule has 4 heteroatoms. The van der Waals surface area contributed by atoms with E-state index in [1.165, 1.54) is 4.88 Å². The summed E-state index contributed by atoms with van der Waals surface area (Å²) in [6.45, 7) is 3.68. The summed E-state index contributed by atoms with van der Waals surface area (Å²) in [6, 6.07) is 4.00. The van der Waals surface area contributed by atoms with Crippen molar-refractivity contribution in [3.05, 3.63) is 22.4 Å². The molecule has 0 amide bonds. The lowest BCUT2D eigenvalue weighted by Crippen LogP contribution is -2.43. The minimum atomic E-state index is -0.893. The molecule has 78 valence electrons. The van der Waals surface area contributed by atoms with E-state index in [9.17, 15) is 4.79 Å². The molecule has 0 saturated heterocycles. The van der Waals surface area contributed by atoms with Crippen molar-refractivity contribution in [2.24, 2.45) is 5.73 Å². The monoisotopic (exact) mass is 213 g/mol. The van der Waals surface area contributed by atoms with Crippen molar-refractivity contribution >= 4 is 17.3 Å². The van der Waals surface area contributed by atoms with Crippen LogP contribution in [0.3, 0.4) is 0 Å². The van der Waals surface area contributed by atoms with Crippen LogP contribution >= 0.6 is 11.3 Å². The Hall–Kier alpha value is -0.870. The molecule has 0 aromatic carbocycles. The van der Waals surface area contributed by atoms with E-state index in [4.69, 9.17) is 10.5 Å². The molecule has 1 rings (SSSR count). The number of hydrogen-bond donors (Lipinski definition) is 1. The Labute approximate surface area is 87.9 Å². The summed E-state index contributed by atoms with van der Waals surface area (Å²) >= 11 is 1.66. The van der Waals surface area contributed by atoms with E-state index in [-0.39, 0.29) is 5.97 Å². The van der Waals surface area contributed by atoms with Gasteiger partial charge < -0.3 is 10.5 Å². The van der Waals surface area contributed by atoms with Crippen molar-refractivity contribution in [2.45, 2.75) is 25.8 Å². The lowest BCUT2D eigenvalue weighted by atomic mass is 10.1. The van der Waals surface area contributed by atoms with Crippen LogP contribution in [0.2, 0.25) is 0 Å². The van der Waals surface area contributed by atoms with Gasteiger partial charge in [0.15, 0.2) is 0 Å².